The Labute approximate surface area is 149 Å². The average Bonchev–Trinajstić information content (AvgIpc) is 2.99. The van der Waals surface area contributed by atoms with E-state index in [0.29, 0.717) is 0 Å². The van der Waals surface area contributed by atoms with Gasteiger partial charge in [-0.25, -0.2) is 9.55 Å². The van der Waals surface area contributed by atoms with Crippen LogP contribution < -0.4 is 15.2 Å². The first-order valence-corrected chi connectivity index (χ1v) is 9.11. The maximum absolute atomic E-state index is 6.21. The second kappa shape index (κ2) is 6.53. The molecular formula is C18H21BrN5+. The van der Waals surface area contributed by atoms with Crippen molar-refractivity contribution in [3.8, 4) is 0 Å². The highest BCUT2D eigenvalue weighted by Crippen LogP contribution is 2.36. The smallest absolute Gasteiger partial charge is 0.176 e. The number of H-pyrrole nitrogens is 1. The molecule has 4 heterocycles. The van der Waals surface area contributed by atoms with Crippen molar-refractivity contribution < 1.29 is 4.57 Å². The molecule has 1 atom stereocenters. The maximum atomic E-state index is 6.21. The molecule has 0 aromatic carbocycles. The molecule has 0 spiro atoms. The van der Waals surface area contributed by atoms with Gasteiger partial charge < -0.3 is 15.6 Å². The number of aromatic amines is 1. The zero-order valence-corrected chi connectivity index (χ0v) is 15.0. The molecule has 24 heavy (non-hydrogen) atoms. The van der Waals surface area contributed by atoms with Crippen molar-refractivity contribution in [2.45, 2.75) is 25.4 Å². The van der Waals surface area contributed by atoms with Gasteiger partial charge >= 0.3 is 0 Å². The molecule has 0 radical (unpaired) electrons. The van der Waals surface area contributed by atoms with Crippen molar-refractivity contribution in [1.82, 2.24) is 9.97 Å². The van der Waals surface area contributed by atoms with Crippen LogP contribution in [-0.2, 0) is 6.54 Å². The number of hydrogen-bond acceptors (Lipinski definition) is 3. The van der Waals surface area contributed by atoms with E-state index in [1.54, 1.807) is 0 Å². The molecule has 1 saturated heterocycles. The molecule has 0 amide bonds. The summed E-state index contributed by atoms with van der Waals surface area (Å²) >= 11 is 3.71. The fraction of sp³-hybridized carbons (Fsp3) is 0.333. The number of nitrogens with zero attached hydrogens (tertiary/aromatic N) is 3. The maximum Gasteiger partial charge on any atom is 0.176 e. The minimum atomic E-state index is 0.236. The summed E-state index contributed by atoms with van der Waals surface area (Å²) < 4.78 is 3.21. The second-order valence-electron chi connectivity index (χ2n) is 6.39. The Hall–Kier alpha value is -1.92. The Morgan fingerprint density at radius 3 is 2.96 bits per heavy atom. The molecule has 0 saturated carbocycles. The van der Waals surface area contributed by atoms with E-state index >= 15 is 0 Å². The van der Waals surface area contributed by atoms with Gasteiger partial charge in [0.2, 0.25) is 0 Å². The number of anilines is 1. The van der Waals surface area contributed by atoms with Gasteiger partial charge in [0, 0.05) is 49.2 Å². The predicted octanol–water partition coefficient (Wildman–Crippen LogP) is 2.59. The van der Waals surface area contributed by atoms with E-state index < -0.39 is 0 Å². The largest absolute Gasteiger partial charge is 0.368 e. The van der Waals surface area contributed by atoms with E-state index in [2.05, 4.69) is 54.0 Å². The molecule has 0 bridgehead atoms. The molecule has 3 aromatic rings. The van der Waals surface area contributed by atoms with Gasteiger partial charge in [0.05, 0.1) is 15.5 Å². The summed E-state index contributed by atoms with van der Waals surface area (Å²) in [7, 11) is 0. The lowest BCUT2D eigenvalue weighted by Crippen LogP contribution is -2.43. The van der Waals surface area contributed by atoms with E-state index in [4.69, 9.17) is 5.73 Å². The number of fused-ring (bicyclic) bond motifs is 1. The number of piperidine rings is 1. The van der Waals surface area contributed by atoms with Crippen LogP contribution in [-0.4, -0.2) is 29.1 Å². The van der Waals surface area contributed by atoms with E-state index in [0.717, 1.165) is 42.6 Å². The summed E-state index contributed by atoms with van der Waals surface area (Å²) in [5.74, 6) is 0. The molecule has 0 unspecified atom stereocenters. The minimum Gasteiger partial charge on any atom is -0.368 e. The first-order chi connectivity index (χ1) is 11.7. The Bertz CT molecular complexity index is 845. The molecule has 3 aromatic heterocycles. The van der Waals surface area contributed by atoms with Crippen LogP contribution in [0.2, 0.25) is 0 Å². The van der Waals surface area contributed by atoms with E-state index in [9.17, 15) is 0 Å². The van der Waals surface area contributed by atoms with Gasteiger partial charge in [-0.15, -0.1) is 0 Å². The zero-order valence-electron chi connectivity index (χ0n) is 13.5. The van der Waals surface area contributed by atoms with Crippen LogP contribution in [0.1, 0.15) is 18.4 Å². The van der Waals surface area contributed by atoms with Crippen LogP contribution in [0.15, 0.2) is 47.5 Å². The topological polar surface area (TPSA) is 61.8 Å². The molecule has 124 valence electrons. The fourth-order valence-corrected chi connectivity index (χ4v) is 4.05. The highest BCUT2D eigenvalue weighted by atomic mass is 79.9. The average molecular weight is 387 g/mol. The van der Waals surface area contributed by atoms with Crippen molar-refractivity contribution in [2.75, 3.05) is 18.0 Å². The quantitative estimate of drug-likeness (QED) is 0.680. The van der Waals surface area contributed by atoms with Crippen LogP contribution in [0.4, 0.5) is 5.69 Å². The number of rotatable bonds is 3. The summed E-state index contributed by atoms with van der Waals surface area (Å²) in [4.78, 5) is 10.3. The van der Waals surface area contributed by atoms with E-state index in [-0.39, 0.29) is 6.04 Å². The third-order valence-corrected chi connectivity index (χ3v) is 5.20. The molecule has 4 rings (SSSR count). The highest BCUT2D eigenvalue weighted by molar-refractivity contribution is 9.10. The SMILES string of the molecule is N[C@@H]1CCCN(c2c(Br)cnc3[nH]cc(C[n+]4ccccc4)c23)C1. The summed E-state index contributed by atoms with van der Waals surface area (Å²) in [5, 5.41) is 1.19. The van der Waals surface area contributed by atoms with Crippen molar-refractivity contribution in [2.24, 2.45) is 5.73 Å². The Morgan fingerprint density at radius 1 is 1.33 bits per heavy atom. The molecule has 1 aliphatic heterocycles. The number of aromatic nitrogens is 3. The van der Waals surface area contributed by atoms with Crippen molar-refractivity contribution in [3.63, 3.8) is 0 Å². The lowest BCUT2D eigenvalue weighted by Gasteiger charge is -2.33. The first-order valence-electron chi connectivity index (χ1n) is 8.31. The Kier molecular flexibility index (Phi) is 4.24. The van der Waals surface area contributed by atoms with Gasteiger partial charge in [0.1, 0.15) is 5.65 Å². The van der Waals surface area contributed by atoms with Crippen molar-refractivity contribution >= 4 is 32.7 Å². The van der Waals surface area contributed by atoms with E-state index in [1.165, 1.54) is 16.6 Å². The summed E-state index contributed by atoms with van der Waals surface area (Å²) in [6, 6.07) is 6.37. The summed E-state index contributed by atoms with van der Waals surface area (Å²) in [6.45, 7) is 2.74. The standard InChI is InChI=1S/C18H21BrN5/c19-15-10-22-18-16(17(15)24-8-4-5-14(20)12-24)13(9-21-18)11-23-6-2-1-3-7-23/h1-3,6-7,9-10,14H,4-5,8,11-12,20H2,(H,21,22)/q+1/t14-/m1/s1. The first kappa shape index (κ1) is 15.6. The lowest BCUT2D eigenvalue weighted by atomic mass is 10.0. The third kappa shape index (κ3) is 2.91. The monoisotopic (exact) mass is 386 g/mol. The number of nitrogens with one attached hydrogen (secondary N) is 1. The molecule has 5 nitrogen and oxygen atoms in total. The van der Waals surface area contributed by atoms with Crippen LogP contribution in [0.3, 0.4) is 0 Å². The van der Waals surface area contributed by atoms with Gasteiger partial charge in [0.25, 0.3) is 0 Å². The third-order valence-electron chi connectivity index (χ3n) is 4.62. The summed E-state index contributed by atoms with van der Waals surface area (Å²) in [6.07, 6.45) is 10.3. The fourth-order valence-electron chi connectivity index (χ4n) is 3.50. The van der Waals surface area contributed by atoms with Gasteiger partial charge in [-0.1, -0.05) is 6.07 Å². The van der Waals surface area contributed by atoms with Crippen LogP contribution in [0.25, 0.3) is 11.0 Å². The Morgan fingerprint density at radius 2 is 2.17 bits per heavy atom. The molecule has 1 fully saturated rings. The second-order valence-corrected chi connectivity index (χ2v) is 7.24. The van der Waals surface area contributed by atoms with Crippen LogP contribution in [0.5, 0.6) is 0 Å². The highest BCUT2D eigenvalue weighted by Gasteiger charge is 2.24. The normalized spacial score (nSPS) is 18.2. The number of halogens is 1. The van der Waals surface area contributed by atoms with Crippen molar-refractivity contribution in [3.05, 3.63) is 53.0 Å². The van der Waals surface area contributed by atoms with Crippen LogP contribution >= 0.6 is 15.9 Å². The molecule has 1 aliphatic rings. The Balaban J connectivity index is 1.80. The molecule has 6 heteroatoms. The zero-order chi connectivity index (χ0) is 16.5. The van der Waals surface area contributed by atoms with Gasteiger partial charge in [-0.2, -0.15) is 0 Å². The van der Waals surface area contributed by atoms with Crippen molar-refractivity contribution in [1.29, 1.82) is 0 Å². The van der Waals surface area contributed by atoms with Gasteiger partial charge in [0.15, 0.2) is 18.9 Å². The molecular weight excluding hydrogens is 366 g/mol. The van der Waals surface area contributed by atoms with Gasteiger partial charge in [-0.3, -0.25) is 0 Å². The molecule has 3 N–H and O–H groups in total. The molecule has 0 aliphatic carbocycles. The van der Waals surface area contributed by atoms with Gasteiger partial charge in [-0.05, 0) is 28.8 Å². The minimum absolute atomic E-state index is 0.236. The van der Waals surface area contributed by atoms with E-state index in [1.807, 2.05) is 24.4 Å². The summed E-state index contributed by atoms with van der Waals surface area (Å²) in [5.41, 5.74) is 9.59. The number of hydrogen-bond donors (Lipinski definition) is 2. The lowest BCUT2D eigenvalue weighted by molar-refractivity contribution is -0.688. The number of nitrogens with two attached hydrogens (primary N) is 1. The number of pyridine rings is 2. The predicted molar refractivity (Wildman–Crippen MR) is 99.0 cm³/mol. The van der Waals surface area contributed by atoms with Crippen LogP contribution in [0, 0.1) is 0 Å².